The number of esters is 1. The normalized spacial score (nSPS) is 21.1. The van der Waals surface area contributed by atoms with Crippen molar-refractivity contribution in [3.8, 4) is 0 Å². The van der Waals surface area contributed by atoms with Crippen LogP contribution in [0.1, 0.15) is 36.5 Å². The first-order valence-corrected chi connectivity index (χ1v) is 7.08. The molecule has 108 valence electrons. The van der Waals surface area contributed by atoms with Crippen molar-refractivity contribution in [2.45, 2.75) is 46.3 Å². The summed E-state index contributed by atoms with van der Waals surface area (Å²) >= 11 is 0. The van der Waals surface area contributed by atoms with E-state index in [0.717, 1.165) is 23.1 Å². The highest BCUT2D eigenvalue weighted by atomic mass is 16.6. The number of nitrogens with one attached hydrogen (secondary N) is 1. The lowest BCUT2D eigenvalue weighted by molar-refractivity contribution is -0.189. The second-order valence-electron chi connectivity index (χ2n) is 5.34. The van der Waals surface area contributed by atoms with E-state index in [-0.39, 0.29) is 17.8 Å². The molecule has 0 aliphatic carbocycles. The largest absolute Gasteiger partial charge is 0.451 e. The zero-order valence-corrected chi connectivity index (χ0v) is 12.2. The lowest BCUT2D eigenvalue weighted by atomic mass is 9.91. The predicted molar refractivity (Wildman–Crippen MR) is 76.0 cm³/mol. The molecule has 0 aromatic heterocycles. The monoisotopic (exact) mass is 275 g/mol. The molecule has 1 aromatic carbocycles. The van der Waals surface area contributed by atoms with Crippen molar-refractivity contribution in [2.24, 2.45) is 5.92 Å². The highest BCUT2D eigenvalue weighted by Crippen LogP contribution is 2.27. The van der Waals surface area contributed by atoms with Crippen LogP contribution >= 0.6 is 0 Å². The molecule has 1 aromatic rings. The van der Waals surface area contributed by atoms with E-state index in [1.807, 2.05) is 39.0 Å². The Hall–Kier alpha value is -1.84. The van der Waals surface area contributed by atoms with Crippen LogP contribution < -0.4 is 5.32 Å². The molecule has 2 rings (SSSR count). The van der Waals surface area contributed by atoms with Gasteiger partial charge in [-0.05, 0) is 37.0 Å². The predicted octanol–water partition coefficient (Wildman–Crippen LogP) is 2.26. The summed E-state index contributed by atoms with van der Waals surface area (Å²) in [6, 6.07) is 6.05. The van der Waals surface area contributed by atoms with Crippen molar-refractivity contribution in [1.82, 2.24) is 5.32 Å². The fraction of sp³-hybridized carbons (Fsp3) is 0.500. The van der Waals surface area contributed by atoms with Crippen molar-refractivity contribution < 1.29 is 14.3 Å². The SMILES string of the molecule is CCCC1C(=O)O[C@H]1C(=O)NCc1c(C)cccc1C. The lowest BCUT2D eigenvalue weighted by Gasteiger charge is -2.33. The molecule has 1 saturated heterocycles. The quantitative estimate of drug-likeness (QED) is 0.839. The average Bonchev–Trinajstić information content (AvgIpc) is 2.41. The molecule has 1 aliphatic rings. The number of hydrogen-bond donors (Lipinski definition) is 1. The zero-order valence-electron chi connectivity index (χ0n) is 12.2. The Morgan fingerprint density at radius 2 is 1.95 bits per heavy atom. The van der Waals surface area contributed by atoms with E-state index in [1.165, 1.54) is 0 Å². The van der Waals surface area contributed by atoms with Gasteiger partial charge < -0.3 is 10.1 Å². The van der Waals surface area contributed by atoms with Crippen LogP contribution in [-0.2, 0) is 20.9 Å². The maximum absolute atomic E-state index is 12.1. The summed E-state index contributed by atoms with van der Waals surface area (Å²) < 4.78 is 4.96. The van der Waals surface area contributed by atoms with E-state index in [2.05, 4.69) is 5.32 Å². The van der Waals surface area contributed by atoms with Crippen LogP contribution in [0, 0.1) is 19.8 Å². The summed E-state index contributed by atoms with van der Waals surface area (Å²) in [7, 11) is 0. The molecule has 4 nitrogen and oxygen atoms in total. The number of hydrogen-bond acceptors (Lipinski definition) is 3. The van der Waals surface area contributed by atoms with Gasteiger partial charge in [0, 0.05) is 6.54 Å². The van der Waals surface area contributed by atoms with Crippen LogP contribution in [0.2, 0.25) is 0 Å². The van der Waals surface area contributed by atoms with Crippen molar-refractivity contribution >= 4 is 11.9 Å². The second-order valence-corrected chi connectivity index (χ2v) is 5.34. The van der Waals surface area contributed by atoms with E-state index in [4.69, 9.17) is 4.74 Å². The molecule has 0 radical (unpaired) electrons. The Labute approximate surface area is 119 Å². The van der Waals surface area contributed by atoms with Crippen LogP contribution in [0.5, 0.6) is 0 Å². The van der Waals surface area contributed by atoms with Crippen LogP contribution in [0.25, 0.3) is 0 Å². The van der Waals surface area contributed by atoms with Gasteiger partial charge in [-0.2, -0.15) is 0 Å². The molecule has 1 aliphatic heterocycles. The van der Waals surface area contributed by atoms with Crippen LogP contribution in [-0.4, -0.2) is 18.0 Å². The molecule has 1 unspecified atom stereocenters. The number of aryl methyl sites for hydroxylation is 2. The van der Waals surface area contributed by atoms with Gasteiger partial charge in [0.05, 0.1) is 0 Å². The molecule has 1 fully saturated rings. The summed E-state index contributed by atoms with van der Waals surface area (Å²) in [5, 5.41) is 2.88. The summed E-state index contributed by atoms with van der Waals surface area (Å²) in [6.45, 7) is 6.52. The minimum absolute atomic E-state index is 0.189. The van der Waals surface area contributed by atoms with Gasteiger partial charge in [-0.25, -0.2) is 0 Å². The van der Waals surface area contributed by atoms with E-state index in [1.54, 1.807) is 0 Å². The molecule has 1 amide bonds. The minimum atomic E-state index is -0.605. The van der Waals surface area contributed by atoms with Gasteiger partial charge in [-0.15, -0.1) is 0 Å². The van der Waals surface area contributed by atoms with E-state index in [9.17, 15) is 9.59 Å². The first-order valence-electron chi connectivity index (χ1n) is 7.08. The Kier molecular flexibility index (Phi) is 4.42. The molecular weight excluding hydrogens is 254 g/mol. The highest BCUT2D eigenvalue weighted by molar-refractivity contribution is 5.94. The van der Waals surface area contributed by atoms with Gasteiger partial charge in [0.25, 0.3) is 5.91 Å². The molecule has 1 N–H and O–H groups in total. The van der Waals surface area contributed by atoms with Gasteiger partial charge in [0.15, 0.2) is 6.10 Å². The Bertz CT molecular complexity index is 504. The van der Waals surface area contributed by atoms with E-state index >= 15 is 0 Å². The van der Waals surface area contributed by atoms with Crippen molar-refractivity contribution in [2.75, 3.05) is 0 Å². The van der Waals surface area contributed by atoms with Gasteiger partial charge in [0.2, 0.25) is 0 Å². The fourth-order valence-electron chi connectivity index (χ4n) is 2.57. The first-order chi connectivity index (χ1) is 9.54. The third-order valence-electron chi connectivity index (χ3n) is 3.85. The molecule has 0 spiro atoms. The molecule has 2 atom stereocenters. The average molecular weight is 275 g/mol. The fourth-order valence-corrected chi connectivity index (χ4v) is 2.57. The molecule has 20 heavy (non-hydrogen) atoms. The van der Waals surface area contributed by atoms with E-state index in [0.29, 0.717) is 13.0 Å². The molecule has 0 bridgehead atoms. The van der Waals surface area contributed by atoms with Gasteiger partial charge >= 0.3 is 5.97 Å². The van der Waals surface area contributed by atoms with Crippen molar-refractivity contribution in [3.63, 3.8) is 0 Å². The van der Waals surface area contributed by atoms with Crippen LogP contribution in [0.15, 0.2) is 18.2 Å². The standard InChI is InChI=1S/C16H21NO3/c1-4-6-12-14(20-16(12)19)15(18)17-9-13-10(2)7-5-8-11(13)3/h5,7-8,12,14H,4,6,9H2,1-3H3,(H,17,18)/t12?,14-/m1/s1. The number of rotatable bonds is 5. The maximum Gasteiger partial charge on any atom is 0.314 e. The van der Waals surface area contributed by atoms with Crippen molar-refractivity contribution in [3.05, 3.63) is 34.9 Å². The number of cyclic esters (lactones) is 1. The third-order valence-corrected chi connectivity index (χ3v) is 3.85. The summed E-state index contributed by atoms with van der Waals surface area (Å²) in [5.41, 5.74) is 3.43. The zero-order chi connectivity index (χ0) is 14.7. The topological polar surface area (TPSA) is 55.4 Å². The minimum Gasteiger partial charge on any atom is -0.451 e. The number of benzene rings is 1. The van der Waals surface area contributed by atoms with E-state index < -0.39 is 6.10 Å². The van der Waals surface area contributed by atoms with Crippen molar-refractivity contribution in [1.29, 1.82) is 0 Å². The second kappa shape index (κ2) is 6.07. The number of amides is 1. The lowest BCUT2D eigenvalue weighted by Crippen LogP contribution is -2.53. The Morgan fingerprint density at radius 1 is 1.30 bits per heavy atom. The number of carbonyl (C=O) groups excluding carboxylic acids is 2. The van der Waals surface area contributed by atoms with Crippen LogP contribution in [0.4, 0.5) is 0 Å². The summed E-state index contributed by atoms with van der Waals surface area (Å²) in [4.78, 5) is 23.4. The smallest absolute Gasteiger partial charge is 0.314 e. The van der Waals surface area contributed by atoms with Gasteiger partial charge in [-0.1, -0.05) is 31.5 Å². The molecular formula is C16H21NO3. The third kappa shape index (κ3) is 2.84. The van der Waals surface area contributed by atoms with Gasteiger partial charge in [0.1, 0.15) is 5.92 Å². The molecule has 1 heterocycles. The van der Waals surface area contributed by atoms with Gasteiger partial charge in [-0.3, -0.25) is 9.59 Å². The first kappa shape index (κ1) is 14.6. The number of carbonyl (C=O) groups is 2. The number of ether oxygens (including phenoxy) is 1. The maximum atomic E-state index is 12.1. The summed E-state index contributed by atoms with van der Waals surface area (Å²) in [6.07, 6.45) is 0.979. The molecule has 4 heteroatoms. The molecule has 0 saturated carbocycles. The highest BCUT2D eigenvalue weighted by Gasteiger charge is 2.46. The Balaban J connectivity index is 1.94. The Morgan fingerprint density at radius 3 is 2.50 bits per heavy atom. The van der Waals surface area contributed by atoms with Crippen LogP contribution in [0.3, 0.4) is 0 Å². The summed E-state index contributed by atoms with van der Waals surface area (Å²) in [5.74, 6) is -0.706.